The summed E-state index contributed by atoms with van der Waals surface area (Å²) in [4.78, 5) is 13.9. The molecular weight excluding hydrogens is 402 g/mol. The number of ether oxygens (including phenoxy) is 1. The number of methoxy groups -OCH3 is 1. The summed E-state index contributed by atoms with van der Waals surface area (Å²) in [6, 6.07) is 18.3. The summed E-state index contributed by atoms with van der Waals surface area (Å²) in [7, 11) is 1.59. The Balaban J connectivity index is 1.49. The van der Waals surface area contributed by atoms with Crippen molar-refractivity contribution in [3.8, 4) is 5.75 Å². The van der Waals surface area contributed by atoms with Gasteiger partial charge in [0, 0.05) is 20.5 Å². The second kappa shape index (κ2) is 9.45. The monoisotopic (exact) mass is 417 g/mol. The lowest BCUT2D eigenvalue weighted by Gasteiger charge is -2.05. The average Bonchev–Trinajstić information content (AvgIpc) is 3.11. The van der Waals surface area contributed by atoms with Crippen LogP contribution in [-0.4, -0.2) is 19.4 Å². The quantitative estimate of drug-likeness (QED) is 0.398. The Morgan fingerprint density at radius 1 is 1.11 bits per heavy atom. The number of halogens is 1. The molecule has 1 heterocycles. The van der Waals surface area contributed by atoms with Gasteiger partial charge in [0.1, 0.15) is 5.75 Å². The Bertz CT molecular complexity index is 925. The number of carbonyl (C=O) groups excluding carboxylic acids is 1. The van der Waals surface area contributed by atoms with Gasteiger partial charge in [-0.2, -0.15) is 5.10 Å². The van der Waals surface area contributed by atoms with E-state index in [-0.39, 0.29) is 0 Å². The van der Waals surface area contributed by atoms with E-state index in [1.165, 1.54) is 0 Å². The van der Waals surface area contributed by atoms with Crippen molar-refractivity contribution in [3.05, 3.63) is 70.6 Å². The van der Waals surface area contributed by atoms with Crippen LogP contribution >= 0.6 is 34.7 Å². The minimum atomic E-state index is -0.413. The molecule has 0 aliphatic carbocycles. The maximum absolute atomic E-state index is 11.9. The van der Waals surface area contributed by atoms with Gasteiger partial charge < -0.3 is 10.1 Å². The zero-order chi connectivity index (χ0) is 19.1. The van der Waals surface area contributed by atoms with E-state index in [0.29, 0.717) is 5.69 Å². The van der Waals surface area contributed by atoms with Crippen LogP contribution in [0.5, 0.6) is 5.75 Å². The van der Waals surface area contributed by atoms with Crippen LogP contribution in [0.4, 0.5) is 10.5 Å². The van der Waals surface area contributed by atoms with Crippen molar-refractivity contribution in [1.29, 1.82) is 0 Å². The van der Waals surface area contributed by atoms with Gasteiger partial charge in [-0.05, 0) is 60.7 Å². The van der Waals surface area contributed by atoms with Crippen LogP contribution < -0.4 is 15.5 Å². The molecule has 27 heavy (non-hydrogen) atoms. The molecule has 3 aromatic rings. The fraction of sp³-hybridized carbons (Fsp3) is 0.0526. The second-order valence-corrected chi connectivity index (χ2v) is 8.19. The smallest absolute Gasteiger partial charge is 0.339 e. The average molecular weight is 418 g/mol. The molecule has 0 spiro atoms. The Morgan fingerprint density at radius 2 is 1.85 bits per heavy atom. The fourth-order valence-electron chi connectivity index (χ4n) is 2.07. The van der Waals surface area contributed by atoms with E-state index in [2.05, 4.69) is 15.8 Å². The maximum Gasteiger partial charge on any atom is 0.339 e. The first kappa shape index (κ1) is 19.3. The van der Waals surface area contributed by atoms with Gasteiger partial charge in [-0.15, -0.1) is 11.3 Å². The van der Waals surface area contributed by atoms with Crippen LogP contribution in [0.3, 0.4) is 0 Å². The first-order chi connectivity index (χ1) is 13.1. The van der Waals surface area contributed by atoms with Crippen LogP contribution in [0.1, 0.15) is 4.88 Å². The van der Waals surface area contributed by atoms with Crippen LogP contribution in [0, 0.1) is 0 Å². The summed E-state index contributed by atoms with van der Waals surface area (Å²) < 4.78 is 6.20. The van der Waals surface area contributed by atoms with E-state index in [0.717, 1.165) is 24.8 Å². The molecule has 0 unspecified atom stereocenters. The van der Waals surface area contributed by atoms with Crippen LogP contribution in [0.15, 0.2) is 74.9 Å². The molecule has 0 radical (unpaired) electrons. The molecule has 0 bridgehead atoms. The van der Waals surface area contributed by atoms with E-state index in [4.69, 9.17) is 16.3 Å². The van der Waals surface area contributed by atoms with Crippen LogP contribution in [0.25, 0.3) is 0 Å². The van der Waals surface area contributed by atoms with Crippen molar-refractivity contribution >= 4 is 52.6 Å². The SMILES string of the molecule is COc1ccc(NC(=O)N/N=C/c2ccc(Sc3ccc(Cl)cc3)s2)cc1. The Kier molecular flexibility index (Phi) is 6.75. The summed E-state index contributed by atoms with van der Waals surface area (Å²) in [5.41, 5.74) is 3.10. The predicted molar refractivity (Wildman–Crippen MR) is 113 cm³/mol. The standard InChI is InChI=1S/C19H16ClN3O2S2/c1-25-15-6-4-14(5-7-15)22-19(24)23-21-12-17-10-11-18(27-17)26-16-8-2-13(20)3-9-16/h2-12H,1H3,(H2,22,23,24)/b21-12+. The zero-order valence-corrected chi connectivity index (χ0v) is 16.7. The third-order valence-electron chi connectivity index (χ3n) is 3.34. The van der Waals surface area contributed by atoms with Gasteiger partial charge in [0.2, 0.25) is 0 Å². The molecule has 1 aromatic heterocycles. The normalized spacial score (nSPS) is 10.7. The van der Waals surface area contributed by atoms with Gasteiger partial charge in [0.25, 0.3) is 0 Å². The van der Waals surface area contributed by atoms with Gasteiger partial charge in [-0.3, -0.25) is 0 Å². The van der Waals surface area contributed by atoms with Crippen LogP contribution in [0.2, 0.25) is 5.02 Å². The van der Waals surface area contributed by atoms with Gasteiger partial charge in [0.05, 0.1) is 17.5 Å². The lowest BCUT2D eigenvalue weighted by Crippen LogP contribution is -2.24. The van der Waals surface area contributed by atoms with Crippen molar-refractivity contribution in [2.75, 3.05) is 12.4 Å². The highest BCUT2D eigenvalue weighted by Gasteiger charge is 2.03. The van der Waals surface area contributed by atoms with E-state index in [1.807, 2.05) is 36.4 Å². The molecule has 138 valence electrons. The largest absolute Gasteiger partial charge is 0.497 e. The Hall–Kier alpha value is -2.48. The number of amides is 2. The van der Waals surface area contributed by atoms with Crippen molar-refractivity contribution < 1.29 is 9.53 Å². The number of rotatable bonds is 6. The number of hydrogen-bond donors (Lipinski definition) is 2. The third kappa shape index (κ3) is 6.02. The molecule has 0 fully saturated rings. The molecule has 8 heteroatoms. The highest BCUT2D eigenvalue weighted by atomic mass is 35.5. The minimum absolute atomic E-state index is 0.413. The highest BCUT2D eigenvalue weighted by Crippen LogP contribution is 2.33. The van der Waals surface area contributed by atoms with E-state index >= 15 is 0 Å². The number of nitrogens with one attached hydrogen (secondary N) is 2. The summed E-state index contributed by atoms with van der Waals surface area (Å²) in [5, 5.41) is 7.39. The molecule has 0 saturated carbocycles. The number of thiophene rings is 1. The van der Waals surface area contributed by atoms with Crippen LogP contribution in [-0.2, 0) is 0 Å². The Labute approximate surface area is 170 Å². The summed E-state index contributed by atoms with van der Waals surface area (Å²) >= 11 is 9.13. The molecule has 0 atom stereocenters. The van der Waals surface area contributed by atoms with E-state index in [1.54, 1.807) is 60.7 Å². The summed E-state index contributed by atoms with van der Waals surface area (Å²) in [5.74, 6) is 0.726. The van der Waals surface area contributed by atoms with Gasteiger partial charge in [-0.1, -0.05) is 23.4 Å². The van der Waals surface area contributed by atoms with Gasteiger partial charge >= 0.3 is 6.03 Å². The fourth-order valence-corrected chi connectivity index (χ4v) is 4.19. The first-order valence-corrected chi connectivity index (χ1v) is 9.91. The number of carbonyl (C=O) groups is 1. The molecule has 2 N–H and O–H groups in total. The number of hydrogen-bond acceptors (Lipinski definition) is 5. The second-order valence-electron chi connectivity index (χ2n) is 5.27. The van der Waals surface area contributed by atoms with E-state index < -0.39 is 6.03 Å². The molecule has 3 rings (SSSR count). The van der Waals surface area contributed by atoms with Crippen molar-refractivity contribution in [2.45, 2.75) is 9.10 Å². The number of benzene rings is 2. The molecular formula is C19H16ClN3O2S2. The third-order valence-corrected chi connectivity index (χ3v) is 5.75. The van der Waals surface area contributed by atoms with Crippen molar-refractivity contribution in [3.63, 3.8) is 0 Å². The maximum atomic E-state index is 11.9. The topological polar surface area (TPSA) is 62.7 Å². The Morgan fingerprint density at radius 3 is 2.56 bits per heavy atom. The van der Waals surface area contributed by atoms with Crippen molar-refractivity contribution in [2.24, 2.45) is 5.10 Å². The van der Waals surface area contributed by atoms with E-state index in [9.17, 15) is 4.79 Å². The van der Waals surface area contributed by atoms with Gasteiger partial charge in [0.15, 0.2) is 0 Å². The molecule has 5 nitrogen and oxygen atoms in total. The number of anilines is 1. The number of hydrazone groups is 1. The lowest BCUT2D eigenvalue weighted by atomic mass is 10.3. The first-order valence-electron chi connectivity index (χ1n) is 7.90. The molecule has 0 saturated heterocycles. The number of urea groups is 1. The van der Waals surface area contributed by atoms with Gasteiger partial charge in [-0.25, -0.2) is 10.2 Å². The molecule has 0 aliphatic rings. The highest BCUT2D eigenvalue weighted by molar-refractivity contribution is 8.01. The molecule has 2 aromatic carbocycles. The lowest BCUT2D eigenvalue weighted by molar-refractivity contribution is 0.252. The zero-order valence-electron chi connectivity index (χ0n) is 14.3. The minimum Gasteiger partial charge on any atom is -0.497 e. The van der Waals surface area contributed by atoms with Crippen molar-refractivity contribution in [1.82, 2.24) is 5.43 Å². The summed E-state index contributed by atoms with van der Waals surface area (Å²) in [6.07, 6.45) is 1.62. The molecule has 2 amide bonds. The number of nitrogens with zero attached hydrogens (tertiary/aromatic N) is 1. The summed E-state index contributed by atoms with van der Waals surface area (Å²) in [6.45, 7) is 0. The predicted octanol–water partition coefficient (Wildman–Crippen LogP) is 5.72. The molecule has 0 aliphatic heterocycles.